The fraction of sp³-hybridized carbons (Fsp3) is 0.136. The minimum absolute atomic E-state index is 0.179. The van der Waals surface area contributed by atoms with Gasteiger partial charge in [0.05, 0.1) is 4.90 Å². The van der Waals surface area contributed by atoms with Crippen LogP contribution in [0.2, 0.25) is 5.02 Å². The fourth-order valence-corrected chi connectivity index (χ4v) is 4.02. The molecule has 150 valence electrons. The Kier molecular flexibility index (Phi) is 6.37. The molecule has 7 heteroatoms. The molecule has 1 amide bonds. The highest BCUT2D eigenvalue weighted by molar-refractivity contribution is 7.89. The van der Waals surface area contributed by atoms with E-state index in [9.17, 15) is 13.2 Å². The Bertz CT molecular complexity index is 1090. The molecule has 0 fully saturated rings. The van der Waals surface area contributed by atoms with Crippen LogP contribution in [-0.4, -0.2) is 25.7 Å². The average Bonchev–Trinajstić information content (AvgIpc) is 2.70. The summed E-state index contributed by atoms with van der Waals surface area (Å²) < 4.78 is 26.6. The summed E-state index contributed by atoms with van der Waals surface area (Å²) in [6.07, 6.45) is 0. The third kappa shape index (κ3) is 5.23. The zero-order valence-electron chi connectivity index (χ0n) is 16.1. The number of nitrogens with zero attached hydrogens (tertiary/aromatic N) is 1. The number of aryl methyl sites for hydroxylation is 1. The van der Waals surface area contributed by atoms with Crippen LogP contribution in [0.5, 0.6) is 0 Å². The van der Waals surface area contributed by atoms with Gasteiger partial charge in [-0.3, -0.25) is 4.79 Å². The number of hydrogen-bond acceptors (Lipinski definition) is 3. The van der Waals surface area contributed by atoms with Gasteiger partial charge in [-0.25, -0.2) is 8.42 Å². The van der Waals surface area contributed by atoms with Crippen molar-refractivity contribution in [1.82, 2.24) is 4.31 Å². The molecule has 3 rings (SSSR count). The quantitative estimate of drug-likeness (QED) is 0.617. The second-order valence-corrected chi connectivity index (χ2v) is 9.21. The lowest BCUT2D eigenvalue weighted by molar-refractivity contribution is 0.102. The average molecular weight is 429 g/mol. The Morgan fingerprint density at radius 1 is 0.931 bits per heavy atom. The smallest absolute Gasteiger partial charge is 0.255 e. The topological polar surface area (TPSA) is 66.5 Å². The molecule has 0 radical (unpaired) electrons. The van der Waals surface area contributed by atoms with E-state index < -0.39 is 10.0 Å². The first kappa shape index (κ1) is 21.0. The van der Waals surface area contributed by atoms with Crippen molar-refractivity contribution in [3.05, 3.63) is 94.5 Å². The summed E-state index contributed by atoms with van der Waals surface area (Å²) >= 11 is 5.83. The fourth-order valence-electron chi connectivity index (χ4n) is 2.73. The summed E-state index contributed by atoms with van der Waals surface area (Å²) in [4.78, 5) is 12.6. The van der Waals surface area contributed by atoms with Crippen molar-refractivity contribution >= 4 is 33.2 Å². The summed E-state index contributed by atoms with van der Waals surface area (Å²) in [5.74, 6) is -0.220. The number of carbonyl (C=O) groups is 1. The van der Waals surface area contributed by atoms with Gasteiger partial charge in [0.25, 0.3) is 5.91 Å². The van der Waals surface area contributed by atoms with Crippen LogP contribution in [0.25, 0.3) is 0 Å². The molecule has 0 saturated heterocycles. The SMILES string of the molecule is Cc1ccc(NC(=O)c2ccc(CN(C)S(=O)(=O)c3ccc(Cl)cc3)cc2)cc1. The zero-order chi connectivity index (χ0) is 21.0. The summed E-state index contributed by atoms with van der Waals surface area (Å²) in [5, 5.41) is 3.32. The van der Waals surface area contributed by atoms with Crippen LogP contribution in [0.3, 0.4) is 0 Å². The lowest BCUT2D eigenvalue weighted by Gasteiger charge is -2.17. The second kappa shape index (κ2) is 8.78. The van der Waals surface area contributed by atoms with Gasteiger partial charge in [0.1, 0.15) is 0 Å². The molecule has 0 aliphatic rings. The molecule has 0 aliphatic heterocycles. The van der Waals surface area contributed by atoms with Gasteiger partial charge in [0, 0.05) is 29.9 Å². The molecule has 3 aromatic carbocycles. The highest BCUT2D eigenvalue weighted by Crippen LogP contribution is 2.19. The van der Waals surface area contributed by atoms with Crippen LogP contribution < -0.4 is 5.32 Å². The third-order valence-corrected chi connectivity index (χ3v) is 6.52. The Hall–Kier alpha value is -2.67. The van der Waals surface area contributed by atoms with E-state index in [1.165, 1.54) is 23.5 Å². The van der Waals surface area contributed by atoms with Crippen LogP contribution in [0.15, 0.2) is 77.7 Å². The Morgan fingerprint density at radius 3 is 2.10 bits per heavy atom. The molecule has 0 unspecified atom stereocenters. The molecule has 5 nitrogen and oxygen atoms in total. The lowest BCUT2D eigenvalue weighted by atomic mass is 10.1. The Morgan fingerprint density at radius 2 is 1.52 bits per heavy atom. The molecule has 0 atom stereocenters. The molecular formula is C22H21ClN2O3S. The maximum atomic E-state index is 12.7. The predicted molar refractivity (Wildman–Crippen MR) is 116 cm³/mol. The van der Waals surface area contributed by atoms with Crippen LogP contribution in [-0.2, 0) is 16.6 Å². The Balaban J connectivity index is 1.67. The number of amides is 1. The number of carbonyl (C=O) groups excluding carboxylic acids is 1. The first-order valence-corrected chi connectivity index (χ1v) is 10.8. The van der Waals surface area contributed by atoms with Gasteiger partial charge in [-0.05, 0) is 61.0 Å². The van der Waals surface area contributed by atoms with Crippen molar-refractivity contribution in [2.45, 2.75) is 18.4 Å². The van der Waals surface area contributed by atoms with E-state index in [0.29, 0.717) is 10.6 Å². The molecule has 0 spiro atoms. The highest BCUT2D eigenvalue weighted by Gasteiger charge is 2.20. The molecular weight excluding hydrogens is 408 g/mol. The maximum absolute atomic E-state index is 12.7. The molecule has 3 aromatic rings. The van der Waals surface area contributed by atoms with Crippen molar-refractivity contribution in [3.8, 4) is 0 Å². The van der Waals surface area contributed by atoms with Gasteiger partial charge in [-0.1, -0.05) is 41.4 Å². The van der Waals surface area contributed by atoms with Gasteiger partial charge in [-0.15, -0.1) is 0 Å². The van der Waals surface area contributed by atoms with Crippen molar-refractivity contribution in [3.63, 3.8) is 0 Å². The molecule has 0 bridgehead atoms. The monoisotopic (exact) mass is 428 g/mol. The van der Waals surface area contributed by atoms with Crippen molar-refractivity contribution in [1.29, 1.82) is 0 Å². The molecule has 29 heavy (non-hydrogen) atoms. The van der Waals surface area contributed by atoms with Crippen LogP contribution in [0.4, 0.5) is 5.69 Å². The van der Waals surface area contributed by atoms with Crippen LogP contribution >= 0.6 is 11.6 Å². The van der Waals surface area contributed by atoms with E-state index in [1.54, 1.807) is 36.4 Å². The first-order valence-electron chi connectivity index (χ1n) is 8.94. The minimum Gasteiger partial charge on any atom is -0.322 e. The van der Waals surface area contributed by atoms with Crippen molar-refractivity contribution in [2.24, 2.45) is 0 Å². The van der Waals surface area contributed by atoms with E-state index in [0.717, 1.165) is 16.8 Å². The van der Waals surface area contributed by atoms with E-state index >= 15 is 0 Å². The van der Waals surface area contributed by atoms with Crippen molar-refractivity contribution in [2.75, 3.05) is 12.4 Å². The molecule has 0 aliphatic carbocycles. The highest BCUT2D eigenvalue weighted by atomic mass is 35.5. The van der Waals surface area contributed by atoms with E-state index in [1.807, 2.05) is 31.2 Å². The standard InChI is InChI=1S/C22H21ClN2O3S/c1-16-3-11-20(12-4-16)24-22(26)18-7-5-17(6-8-18)15-25(2)29(27,28)21-13-9-19(23)10-14-21/h3-14H,15H2,1-2H3,(H,24,26). The van der Waals surface area contributed by atoms with Crippen LogP contribution in [0, 0.1) is 6.92 Å². The number of rotatable bonds is 6. The van der Waals surface area contributed by atoms with Gasteiger partial charge < -0.3 is 5.32 Å². The maximum Gasteiger partial charge on any atom is 0.255 e. The van der Waals surface area contributed by atoms with Crippen molar-refractivity contribution < 1.29 is 13.2 Å². The zero-order valence-corrected chi connectivity index (χ0v) is 17.7. The molecule has 1 N–H and O–H groups in total. The molecule has 0 saturated carbocycles. The van der Waals surface area contributed by atoms with Gasteiger partial charge in [-0.2, -0.15) is 4.31 Å². The summed E-state index contributed by atoms with van der Waals surface area (Å²) in [6.45, 7) is 2.17. The minimum atomic E-state index is -3.63. The van der Waals surface area contributed by atoms with E-state index in [4.69, 9.17) is 11.6 Å². The second-order valence-electron chi connectivity index (χ2n) is 6.73. The van der Waals surface area contributed by atoms with Gasteiger partial charge in [0.2, 0.25) is 10.0 Å². The molecule has 0 heterocycles. The summed E-state index contributed by atoms with van der Waals surface area (Å²) in [6, 6.07) is 20.5. The third-order valence-electron chi connectivity index (χ3n) is 4.45. The van der Waals surface area contributed by atoms with E-state index in [-0.39, 0.29) is 17.3 Å². The number of nitrogens with one attached hydrogen (secondary N) is 1. The largest absolute Gasteiger partial charge is 0.322 e. The number of sulfonamides is 1. The number of benzene rings is 3. The molecule has 0 aromatic heterocycles. The summed E-state index contributed by atoms with van der Waals surface area (Å²) in [5.41, 5.74) is 3.11. The normalized spacial score (nSPS) is 11.4. The van der Waals surface area contributed by atoms with Crippen LogP contribution in [0.1, 0.15) is 21.5 Å². The lowest BCUT2D eigenvalue weighted by Crippen LogP contribution is -2.26. The Labute approximate surface area is 176 Å². The summed E-state index contributed by atoms with van der Waals surface area (Å²) in [7, 11) is -2.11. The van der Waals surface area contributed by atoms with Gasteiger partial charge >= 0.3 is 0 Å². The number of anilines is 1. The van der Waals surface area contributed by atoms with E-state index in [2.05, 4.69) is 5.32 Å². The first-order chi connectivity index (χ1) is 13.8. The predicted octanol–water partition coefficient (Wildman–Crippen LogP) is 4.72. The van der Waals surface area contributed by atoms with Gasteiger partial charge in [0.15, 0.2) is 0 Å². The number of hydrogen-bond donors (Lipinski definition) is 1. The number of halogens is 1.